The third kappa shape index (κ3) is 7.34. The predicted octanol–water partition coefficient (Wildman–Crippen LogP) is 6.15. The summed E-state index contributed by atoms with van der Waals surface area (Å²) >= 11 is 1.59. The van der Waals surface area contributed by atoms with Crippen LogP contribution in [0.1, 0.15) is 27.0 Å². The molecular formula is C35H34N4O3S. The zero-order chi connectivity index (χ0) is 30.2. The molecule has 0 saturated heterocycles. The average molecular weight is 591 g/mol. The van der Waals surface area contributed by atoms with Crippen LogP contribution >= 0.6 is 11.8 Å². The van der Waals surface area contributed by atoms with Gasteiger partial charge in [-0.3, -0.25) is 9.59 Å². The van der Waals surface area contributed by atoms with E-state index in [1.165, 1.54) is 0 Å². The summed E-state index contributed by atoms with van der Waals surface area (Å²) < 4.78 is 5.42. The molecule has 7 nitrogen and oxygen atoms in total. The SMILES string of the molecule is COc1ccc(-c2cc(C(=O)NC(CSCc3ccccc3)C(=O)NCc3ccccc3N)c3ccccc3n2)cc1C. The van der Waals surface area contributed by atoms with E-state index in [1.807, 2.05) is 97.9 Å². The van der Waals surface area contributed by atoms with Crippen LogP contribution in [0.4, 0.5) is 5.69 Å². The van der Waals surface area contributed by atoms with Crippen LogP contribution in [-0.2, 0) is 17.1 Å². The fraction of sp³-hybridized carbons (Fsp3) is 0.171. The van der Waals surface area contributed by atoms with Gasteiger partial charge in [0, 0.05) is 34.7 Å². The zero-order valence-electron chi connectivity index (χ0n) is 24.2. The highest BCUT2D eigenvalue weighted by Crippen LogP contribution is 2.29. The molecule has 1 heterocycles. The van der Waals surface area contributed by atoms with E-state index in [0.717, 1.165) is 28.0 Å². The number of amides is 2. The van der Waals surface area contributed by atoms with Gasteiger partial charge in [-0.05, 0) is 60.0 Å². The second kappa shape index (κ2) is 13.9. The Morgan fingerprint density at radius 1 is 0.930 bits per heavy atom. The van der Waals surface area contributed by atoms with Gasteiger partial charge in [0.2, 0.25) is 5.91 Å². The summed E-state index contributed by atoms with van der Waals surface area (Å²) in [5.41, 5.74) is 12.3. The lowest BCUT2D eigenvalue weighted by atomic mass is 10.0. The lowest BCUT2D eigenvalue weighted by Gasteiger charge is -2.20. The Balaban J connectivity index is 1.41. The Morgan fingerprint density at radius 3 is 2.44 bits per heavy atom. The van der Waals surface area contributed by atoms with Crippen LogP contribution in [0.25, 0.3) is 22.2 Å². The summed E-state index contributed by atoms with van der Waals surface area (Å²) in [6.07, 6.45) is 0. The number of fused-ring (bicyclic) bond motifs is 1. The molecule has 4 aromatic carbocycles. The topological polar surface area (TPSA) is 106 Å². The summed E-state index contributed by atoms with van der Waals surface area (Å²) in [7, 11) is 1.64. The summed E-state index contributed by atoms with van der Waals surface area (Å²) in [6.45, 7) is 2.23. The number of anilines is 1. The van der Waals surface area contributed by atoms with Crippen LogP contribution in [0.5, 0.6) is 5.75 Å². The molecule has 0 radical (unpaired) electrons. The van der Waals surface area contributed by atoms with Crippen molar-refractivity contribution in [3.05, 3.63) is 125 Å². The number of hydrogen-bond acceptors (Lipinski definition) is 6. The van der Waals surface area contributed by atoms with E-state index in [1.54, 1.807) is 31.0 Å². The number of rotatable bonds is 11. The normalized spacial score (nSPS) is 11.6. The fourth-order valence-electron chi connectivity index (χ4n) is 4.84. The molecule has 0 saturated carbocycles. The zero-order valence-corrected chi connectivity index (χ0v) is 25.0. The van der Waals surface area contributed by atoms with Gasteiger partial charge in [0.25, 0.3) is 5.91 Å². The van der Waals surface area contributed by atoms with Crippen LogP contribution in [0, 0.1) is 6.92 Å². The van der Waals surface area contributed by atoms with E-state index < -0.39 is 6.04 Å². The second-order valence-corrected chi connectivity index (χ2v) is 11.2. The number of para-hydroxylation sites is 2. The molecule has 4 N–H and O–H groups in total. The summed E-state index contributed by atoms with van der Waals surface area (Å²) in [5, 5.41) is 6.70. The van der Waals surface area contributed by atoms with E-state index >= 15 is 0 Å². The van der Waals surface area contributed by atoms with Crippen molar-refractivity contribution in [2.24, 2.45) is 0 Å². The van der Waals surface area contributed by atoms with Gasteiger partial charge in [0.05, 0.1) is 23.9 Å². The molecule has 5 aromatic rings. The number of carbonyl (C=O) groups is 2. The van der Waals surface area contributed by atoms with Crippen LogP contribution < -0.4 is 21.1 Å². The van der Waals surface area contributed by atoms with Crippen molar-refractivity contribution in [1.82, 2.24) is 15.6 Å². The van der Waals surface area contributed by atoms with Gasteiger partial charge >= 0.3 is 0 Å². The molecule has 0 aliphatic rings. The molecule has 0 aliphatic heterocycles. The Morgan fingerprint density at radius 2 is 1.67 bits per heavy atom. The van der Waals surface area contributed by atoms with E-state index in [2.05, 4.69) is 10.6 Å². The number of nitrogen functional groups attached to an aromatic ring is 1. The largest absolute Gasteiger partial charge is 0.496 e. The minimum absolute atomic E-state index is 0.264. The van der Waals surface area contributed by atoms with Crippen molar-refractivity contribution >= 4 is 40.2 Å². The summed E-state index contributed by atoms with van der Waals surface area (Å²) in [4.78, 5) is 32.2. The number of hydrogen-bond donors (Lipinski definition) is 3. The highest BCUT2D eigenvalue weighted by Gasteiger charge is 2.23. The smallest absolute Gasteiger partial charge is 0.252 e. The minimum atomic E-state index is -0.773. The molecule has 218 valence electrons. The van der Waals surface area contributed by atoms with Crippen molar-refractivity contribution < 1.29 is 14.3 Å². The Bertz CT molecular complexity index is 1740. The lowest BCUT2D eigenvalue weighted by molar-refractivity contribution is -0.122. The third-order valence-corrected chi connectivity index (χ3v) is 8.28. The van der Waals surface area contributed by atoms with E-state index in [9.17, 15) is 9.59 Å². The number of nitrogens with one attached hydrogen (secondary N) is 2. The van der Waals surface area contributed by atoms with E-state index in [4.69, 9.17) is 15.5 Å². The maximum atomic E-state index is 13.9. The molecule has 1 atom stereocenters. The van der Waals surface area contributed by atoms with Crippen LogP contribution in [0.3, 0.4) is 0 Å². The Labute approximate surface area is 255 Å². The maximum absolute atomic E-state index is 13.9. The quantitative estimate of drug-likeness (QED) is 0.159. The van der Waals surface area contributed by atoms with Gasteiger partial charge in [-0.15, -0.1) is 0 Å². The monoisotopic (exact) mass is 590 g/mol. The number of aromatic nitrogens is 1. The molecule has 1 unspecified atom stereocenters. The number of methoxy groups -OCH3 is 1. The van der Waals surface area contributed by atoms with Gasteiger partial charge in [-0.2, -0.15) is 11.8 Å². The molecular weight excluding hydrogens is 556 g/mol. The molecule has 0 aliphatic carbocycles. The number of pyridine rings is 1. The molecule has 1 aromatic heterocycles. The molecule has 5 rings (SSSR count). The lowest BCUT2D eigenvalue weighted by Crippen LogP contribution is -2.48. The van der Waals surface area contributed by atoms with Crippen LogP contribution in [0.15, 0.2) is 103 Å². The number of nitrogens with zero attached hydrogens (tertiary/aromatic N) is 1. The Hall–Kier alpha value is -4.82. The highest BCUT2D eigenvalue weighted by atomic mass is 32.2. The van der Waals surface area contributed by atoms with Gasteiger partial charge in [-0.25, -0.2) is 4.98 Å². The average Bonchev–Trinajstić information content (AvgIpc) is 3.03. The first kappa shape index (κ1) is 29.7. The molecule has 0 fully saturated rings. The minimum Gasteiger partial charge on any atom is -0.496 e. The predicted molar refractivity (Wildman–Crippen MR) is 175 cm³/mol. The van der Waals surface area contributed by atoms with E-state index in [0.29, 0.717) is 39.4 Å². The van der Waals surface area contributed by atoms with Crippen molar-refractivity contribution in [2.45, 2.75) is 25.3 Å². The Kier molecular flexibility index (Phi) is 9.59. The molecule has 2 amide bonds. The number of nitrogens with two attached hydrogens (primary N) is 1. The third-order valence-electron chi connectivity index (χ3n) is 7.18. The fourth-order valence-corrected chi connectivity index (χ4v) is 5.85. The van der Waals surface area contributed by atoms with Crippen molar-refractivity contribution in [3.8, 4) is 17.0 Å². The van der Waals surface area contributed by atoms with Gasteiger partial charge in [0.1, 0.15) is 11.8 Å². The first-order valence-corrected chi connectivity index (χ1v) is 15.2. The van der Waals surface area contributed by atoms with Crippen molar-refractivity contribution in [2.75, 3.05) is 18.6 Å². The first-order valence-electron chi connectivity index (χ1n) is 14.0. The molecule has 8 heteroatoms. The van der Waals surface area contributed by atoms with Crippen LogP contribution in [0.2, 0.25) is 0 Å². The van der Waals surface area contributed by atoms with E-state index in [-0.39, 0.29) is 18.4 Å². The maximum Gasteiger partial charge on any atom is 0.252 e. The van der Waals surface area contributed by atoms with Crippen molar-refractivity contribution in [1.29, 1.82) is 0 Å². The molecule has 43 heavy (non-hydrogen) atoms. The summed E-state index contributed by atoms with van der Waals surface area (Å²) in [5.74, 6) is 1.27. The van der Waals surface area contributed by atoms with Crippen LogP contribution in [-0.4, -0.2) is 35.7 Å². The number of aryl methyl sites for hydroxylation is 1. The number of thioether (sulfide) groups is 1. The van der Waals surface area contributed by atoms with Gasteiger partial charge < -0.3 is 21.1 Å². The standard InChI is InChI=1S/C35H34N4O3S/c1-23-18-25(16-17-33(23)42-2)31-19-28(27-13-7-9-15-30(27)38-31)34(40)39-32(22-43-21-24-10-4-3-5-11-24)35(41)37-20-26-12-6-8-14-29(26)36/h3-19,32H,20-22,36H2,1-2H3,(H,37,41)(H,39,40). The van der Waals surface area contributed by atoms with Gasteiger partial charge in [0.15, 0.2) is 0 Å². The number of carbonyl (C=O) groups excluding carboxylic acids is 2. The molecule has 0 spiro atoms. The molecule has 0 bridgehead atoms. The second-order valence-electron chi connectivity index (χ2n) is 10.2. The van der Waals surface area contributed by atoms with Gasteiger partial charge in [-0.1, -0.05) is 66.7 Å². The summed E-state index contributed by atoms with van der Waals surface area (Å²) in [6, 6.07) is 31.8. The number of benzene rings is 4. The highest BCUT2D eigenvalue weighted by molar-refractivity contribution is 7.98. The first-order chi connectivity index (χ1) is 20.9. The number of ether oxygens (including phenoxy) is 1. The van der Waals surface area contributed by atoms with Crippen molar-refractivity contribution in [3.63, 3.8) is 0 Å².